The molecule has 0 aromatic carbocycles. The number of rotatable bonds is 2. The summed E-state index contributed by atoms with van der Waals surface area (Å²) in [7, 11) is 0. The number of hydrogen-bond acceptors (Lipinski definition) is 2. The number of H-pyrrole nitrogens is 1. The van der Waals surface area contributed by atoms with Crippen LogP contribution >= 0.6 is 0 Å². The van der Waals surface area contributed by atoms with Crippen molar-refractivity contribution in [2.75, 3.05) is 5.73 Å². The highest BCUT2D eigenvalue weighted by atomic mass is 15.0. The number of aromatic amines is 1. The molecule has 0 atom stereocenters. The molecule has 3 heteroatoms. The summed E-state index contributed by atoms with van der Waals surface area (Å²) in [5.41, 5.74) is 6.72. The zero-order valence-electron chi connectivity index (χ0n) is 7.92. The molecule has 1 aliphatic rings. The number of nitrogens with one attached hydrogen (secondary N) is 1. The molecule has 2 rings (SSSR count). The normalized spacial score (nSPS) is 19.1. The van der Waals surface area contributed by atoms with Crippen molar-refractivity contribution in [3.63, 3.8) is 0 Å². The topological polar surface area (TPSA) is 54.7 Å². The van der Waals surface area contributed by atoms with Gasteiger partial charge >= 0.3 is 0 Å². The van der Waals surface area contributed by atoms with Gasteiger partial charge in [0.2, 0.25) is 0 Å². The lowest BCUT2D eigenvalue weighted by Crippen LogP contribution is -2.09. The Labute approximate surface area is 78.7 Å². The second-order valence-electron chi connectivity index (χ2n) is 4.00. The van der Waals surface area contributed by atoms with Gasteiger partial charge in [-0.3, -0.25) is 0 Å². The van der Waals surface area contributed by atoms with Gasteiger partial charge in [-0.2, -0.15) is 0 Å². The van der Waals surface area contributed by atoms with Crippen molar-refractivity contribution in [1.29, 1.82) is 0 Å². The van der Waals surface area contributed by atoms with Crippen molar-refractivity contribution < 1.29 is 0 Å². The Morgan fingerprint density at radius 3 is 2.77 bits per heavy atom. The van der Waals surface area contributed by atoms with Gasteiger partial charge in [0, 0.05) is 5.69 Å². The van der Waals surface area contributed by atoms with E-state index in [4.69, 9.17) is 5.73 Å². The maximum absolute atomic E-state index is 5.52. The molecule has 1 aromatic rings. The summed E-state index contributed by atoms with van der Waals surface area (Å²) in [6.45, 7) is 0. The van der Waals surface area contributed by atoms with E-state index in [-0.39, 0.29) is 0 Å². The van der Waals surface area contributed by atoms with Crippen LogP contribution in [-0.2, 0) is 6.42 Å². The van der Waals surface area contributed by atoms with Crippen LogP contribution in [0.1, 0.15) is 37.8 Å². The zero-order chi connectivity index (χ0) is 9.10. The molecule has 0 radical (unpaired) electrons. The number of nitrogens with two attached hydrogens (primary N) is 1. The maximum Gasteiger partial charge on any atom is 0.197 e. The molecule has 0 bridgehead atoms. The van der Waals surface area contributed by atoms with Gasteiger partial charge < -0.3 is 10.7 Å². The Morgan fingerprint density at radius 1 is 1.38 bits per heavy atom. The standard InChI is InChI=1S/C10H17N3/c11-10-12-7-9(13-10)6-8-4-2-1-3-5-8/h7-8H,1-6H2,(H3,11,12,13). The van der Waals surface area contributed by atoms with Crippen LogP contribution < -0.4 is 5.73 Å². The van der Waals surface area contributed by atoms with Gasteiger partial charge in [0.25, 0.3) is 0 Å². The molecule has 13 heavy (non-hydrogen) atoms. The van der Waals surface area contributed by atoms with E-state index in [2.05, 4.69) is 9.97 Å². The van der Waals surface area contributed by atoms with Gasteiger partial charge in [0.15, 0.2) is 5.95 Å². The van der Waals surface area contributed by atoms with Gasteiger partial charge in [-0.1, -0.05) is 32.1 Å². The van der Waals surface area contributed by atoms with Gasteiger partial charge in [-0.15, -0.1) is 0 Å². The summed E-state index contributed by atoms with van der Waals surface area (Å²) in [6.07, 6.45) is 9.95. The van der Waals surface area contributed by atoms with E-state index in [1.165, 1.54) is 37.8 Å². The highest BCUT2D eigenvalue weighted by Gasteiger charge is 2.14. The third kappa shape index (κ3) is 2.23. The van der Waals surface area contributed by atoms with Crippen LogP contribution in [-0.4, -0.2) is 9.97 Å². The lowest BCUT2D eigenvalue weighted by atomic mass is 9.86. The zero-order valence-corrected chi connectivity index (χ0v) is 7.92. The molecule has 1 saturated carbocycles. The monoisotopic (exact) mass is 179 g/mol. The number of aromatic nitrogens is 2. The number of nitrogen functional groups attached to an aromatic ring is 1. The average molecular weight is 179 g/mol. The molecule has 0 amide bonds. The molecule has 1 heterocycles. The summed E-state index contributed by atoms with van der Waals surface area (Å²) in [5, 5.41) is 0. The molecule has 3 nitrogen and oxygen atoms in total. The third-order valence-electron chi connectivity index (χ3n) is 2.88. The second kappa shape index (κ2) is 3.81. The fraction of sp³-hybridized carbons (Fsp3) is 0.700. The Bertz CT molecular complexity index is 261. The summed E-state index contributed by atoms with van der Waals surface area (Å²) in [5.74, 6) is 1.40. The predicted molar refractivity (Wildman–Crippen MR) is 53.3 cm³/mol. The van der Waals surface area contributed by atoms with E-state index < -0.39 is 0 Å². The number of imidazole rings is 1. The van der Waals surface area contributed by atoms with Gasteiger partial charge in [0.05, 0.1) is 6.20 Å². The minimum absolute atomic E-state index is 0.547. The Morgan fingerprint density at radius 2 is 2.15 bits per heavy atom. The van der Waals surface area contributed by atoms with Crippen molar-refractivity contribution >= 4 is 5.95 Å². The van der Waals surface area contributed by atoms with Gasteiger partial charge in [0.1, 0.15) is 0 Å². The molecule has 1 aliphatic carbocycles. The minimum Gasteiger partial charge on any atom is -0.369 e. The first kappa shape index (κ1) is 8.60. The quantitative estimate of drug-likeness (QED) is 0.730. The van der Waals surface area contributed by atoms with Crippen molar-refractivity contribution in [2.24, 2.45) is 5.92 Å². The average Bonchev–Trinajstić information content (AvgIpc) is 2.53. The van der Waals surface area contributed by atoms with Crippen molar-refractivity contribution in [1.82, 2.24) is 9.97 Å². The van der Waals surface area contributed by atoms with Gasteiger partial charge in [-0.05, 0) is 12.3 Å². The SMILES string of the molecule is Nc1ncc(CC2CCCCC2)[nH]1. The molecule has 3 N–H and O–H groups in total. The summed E-state index contributed by atoms with van der Waals surface area (Å²) in [6, 6.07) is 0. The first-order valence-corrected chi connectivity index (χ1v) is 5.14. The Balaban J connectivity index is 1.89. The van der Waals surface area contributed by atoms with Crippen LogP contribution in [0, 0.1) is 5.92 Å². The van der Waals surface area contributed by atoms with Crippen molar-refractivity contribution in [2.45, 2.75) is 38.5 Å². The van der Waals surface area contributed by atoms with Crippen LogP contribution in [0.5, 0.6) is 0 Å². The molecule has 1 aromatic heterocycles. The Kier molecular flexibility index (Phi) is 2.52. The highest BCUT2D eigenvalue weighted by Crippen LogP contribution is 2.26. The molecular formula is C10H17N3. The molecule has 0 spiro atoms. The van der Waals surface area contributed by atoms with Crippen LogP contribution in [0.2, 0.25) is 0 Å². The fourth-order valence-corrected chi connectivity index (χ4v) is 2.18. The Hall–Kier alpha value is -0.990. The minimum atomic E-state index is 0.547. The summed E-state index contributed by atoms with van der Waals surface area (Å²) < 4.78 is 0. The van der Waals surface area contributed by atoms with Crippen molar-refractivity contribution in [3.05, 3.63) is 11.9 Å². The lowest BCUT2D eigenvalue weighted by molar-refractivity contribution is 0.354. The summed E-state index contributed by atoms with van der Waals surface area (Å²) in [4.78, 5) is 7.09. The van der Waals surface area contributed by atoms with Crippen LogP contribution in [0.25, 0.3) is 0 Å². The van der Waals surface area contributed by atoms with E-state index in [1.807, 2.05) is 6.20 Å². The van der Waals surface area contributed by atoms with Gasteiger partial charge in [-0.25, -0.2) is 4.98 Å². The first-order valence-electron chi connectivity index (χ1n) is 5.14. The smallest absolute Gasteiger partial charge is 0.197 e. The highest BCUT2D eigenvalue weighted by molar-refractivity contribution is 5.18. The molecule has 0 unspecified atom stereocenters. The van der Waals surface area contributed by atoms with Crippen LogP contribution in [0.4, 0.5) is 5.95 Å². The molecule has 1 fully saturated rings. The largest absolute Gasteiger partial charge is 0.369 e. The van der Waals surface area contributed by atoms with E-state index in [9.17, 15) is 0 Å². The van der Waals surface area contributed by atoms with E-state index >= 15 is 0 Å². The van der Waals surface area contributed by atoms with E-state index in [1.54, 1.807) is 0 Å². The lowest BCUT2D eigenvalue weighted by Gasteiger charge is -2.20. The maximum atomic E-state index is 5.52. The molecular weight excluding hydrogens is 162 g/mol. The second-order valence-corrected chi connectivity index (χ2v) is 4.00. The fourth-order valence-electron chi connectivity index (χ4n) is 2.18. The predicted octanol–water partition coefficient (Wildman–Crippen LogP) is 2.11. The molecule has 72 valence electrons. The number of hydrogen-bond donors (Lipinski definition) is 2. The van der Waals surface area contributed by atoms with Crippen LogP contribution in [0.3, 0.4) is 0 Å². The first-order chi connectivity index (χ1) is 6.34. The molecule has 0 saturated heterocycles. The third-order valence-corrected chi connectivity index (χ3v) is 2.88. The number of nitrogens with zero attached hydrogens (tertiary/aromatic N) is 1. The van der Waals surface area contributed by atoms with E-state index in [0.717, 1.165) is 12.3 Å². The van der Waals surface area contributed by atoms with E-state index in [0.29, 0.717) is 5.95 Å². The van der Waals surface area contributed by atoms with Crippen LogP contribution in [0.15, 0.2) is 6.20 Å². The van der Waals surface area contributed by atoms with Crippen molar-refractivity contribution in [3.8, 4) is 0 Å². The molecule has 0 aliphatic heterocycles. The summed E-state index contributed by atoms with van der Waals surface area (Å²) >= 11 is 0. The number of anilines is 1.